The number of amides is 2. The summed E-state index contributed by atoms with van der Waals surface area (Å²) in [4.78, 5) is 39.4. The fourth-order valence-electron chi connectivity index (χ4n) is 5.44. The second kappa shape index (κ2) is 9.72. The molecule has 1 fully saturated rings. The lowest BCUT2D eigenvalue weighted by molar-refractivity contribution is -0.148. The second-order valence-corrected chi connectivity index (χ2v) is 10.9. The van der Waals surface area contributed by atoms with Crippen LogP contribution in [0, 0.1) is 5.41 Å². The van der Waals surface area contributed by atoms with E-state index in [2.05, 4.69) is 29.6 Å². The zero-order chi connectivity index (χ0) is 25.2. The van der Waals surface area contributed by atoms with Crippen LogP contribution in [-0.2, 0) is 14.3 Å². The molecule has 35 heavy (non-hydrogen) atoms. The number of hydrogen-bond acceptors (Lipinski definition) is 4. The SMILES string of the molecule is CC(C)(C)CN(CC(=O)O)C(=O)C1(NC(=O)OCC2c3ccccc3-c3ccccc32)CCCC1. The van der Waals surface area contributed by atoms with Gasteiger partial charge in [-0.1, -0.05) is 82.1 Å². The van der Waals surface area contributed by atoms with Crippen molar-refractivity contribution < 1.29 is 24.2 Å². The van der Waals surface area contributed by atoms with E-state index >= 15 is 0 Å². The molecular weight excluding hydrogens is 444 g/mol. The van der Waals surface area contributed by atoms with Gasteiger partial charge in [-0.3, -0.25) is 9.59 Å². The molecule has 0 spiro atoms. The van der Waals surface area contributed by atoms with E-state index in [0.717, 1.165) is 35.1 Å². The zero-order valence-electron chi connectivity index (χ0n) is 20.7. The smallest absolute Gasteiger partial charge is 0.408 e. The van der Waals surface area contributed by atoms with Gasteiger partial charge in [0.1, 0.15) is 18.7 Å². The summed E-state index contributed by atoms with van der Waals surface area (Å²) in [6.07, 6.45) is 1.86. The topological polar surface area (TPSA) is 95.9 Å². The first-order chi connectivity index (χ1) is 16.6. The Hall–Kier alpha value is -3.35. The molecule has 4 rings (SSSR count). The average Bonchev–Trinajstić information content (AvgIpc) is 3.39. The number of ether oxygens (including phenoxy) is 1. The number of benzene rings is 2. The summed E-state index contributed by atoms with van der Waals surface area (Å²) in [7, 11) is 0. The first-order valence-electron chi connectivity index (χ1n) is 12.2. The Balaban J connectivity index is 1.49. The highest BCUT2D eigenvalue weighted by atomic mass is 16.5. The molecule has 2 aromatic carbocycles. The highest BCUT2D eigenvalue weighted by Gasteiger charge is 2.46. The number of alkyl carbamates (subject to hydrolysis) is 1. The van der Waals surface area contributed by atoms with E-state index in [1.807, 2.05) is 45.0 Å². The maximum Gasteiger partial charge on any atom is 0.408 e. The van der Waals surface area contributed by atoms with E-state index in [-0.39, 0.29) is 30.4 Å². The second-order valence-electron chi connectivity index (χ2n) is 10.9. The highest BCUT2D eigenvalue weighted by molar-refractivity contribution is 5.92. The van der Waals surface area contributed by atoms with Gasteiger partial charge in [-0.2, -0.15) is 0 Å². The van der Waals surface area contributed by atoms with Gasteiger partial charge in [-0.25, -0.2) is 4.79 Å². The number of carboxylic acids is 1. The van der Waals surface area contributed by atoms with Gasteiger partial charge in [-0.05, 0) is 40.5 Å². The van der Waals surface area contributed by atoms with Crippen molar-refractivity contribution in [2.24, 2.45) is 5.41 Å². The lowest BCUT2D eigenvalue weighted by Gasteiger charge is -2.37. The molecule has 0 unspecified atom stereocenters. The Morgan fingerprint density at radius 3 is 2.06 bits per heavy atom. The van der Waals surface area contributed by atoms with Gasteiger partial charge < -0.3 is 20.1 Å². The summed E-state index contributed by atoms with van der Waals surface area (Å²) < 4.78 is 5.70. The third-order valence-electron chi connectivity index (χ3n) is 6.83. The number of aliphatic carboxylic acids is 1. The fraction of sp³-hybridized carbons (Fsp3) is 0.464. The van der Waals surface area contributed by atoms with Gasteiger partial charge in [0.15, 0.2) is 0 Å². The number of carboxylic acid groups (broad SMARTS) is 1. The number of hydrogen-bond donors (Lipinski definition) is 2. The summed E-state index contributed by atoms with van der Waals surface area (Å²) in [5.41, 5.74) is 3.10. The molecule has 0 bridgehead atoms. The van der Waals surface area contributed by atoms with Crippen LogP contribution < -0.4 is 5.32 Å². The normalized spacial score (nSPS) is 16.3. The first kappa shape index (κ1) is 24.8. The predicted molar refractivity (Wildman–Crippen MR) is 133 cm³/mol. The molecule has 0 saturated heterocycles. The van der Waals surface area contributed by atoms with Crippen LogP contribution in [0.15, 0.2) is 48.5 Å². The van der Waals surface area contributed by atoms with E-state index in [1.54, 1.807) is 0 Å². The minimum Gasteiger partial charge on any atom is -0.480 e. The van der Waals surface area contributed by atoms with Crippen LogP contribution in [0.5, 0.6) is 0 Å². The van der Waals surface area contributed by atoms with E-state index in [9.17, 15) is 19.5 Å². The van der Waals surface area contributed by atoms with Crippen molar-refractivity contribution in [1.29, 1.82) is 0 Å². The molecule has 7 heteroatoms. The zero-order valence-corrected chi connectivity index (χ0v) is 20.7. The van der Waals surface area contributed by atoms with Crippen molar-refractivity contribution >= 4 is 18.0 Å². The van der Waals surface area contributed by atoms with Crippen LogP contribution in [-0.4, -0.2) is 53.2 Å². The molecule has 2 aliphatic rings. The molecule has 0 aliphatic heterocycles. The number of carbonyl (C=O) groups excluding carboxylic acids is 2. The fourth-order valence-corrected chi connectivity index (χ4v) is 5.44. The van der Waals surface area contributed by atoms with Gasteiger partial charge in [-0.15, -0.1) is 0 Å². The van der Waals surface area contributed by atoms with E-state index in [1.165, 1.54) is 4.90 Å². The van der Waals surface area contributed by atoms with Gasteiger partial charge in [0.05, 0.1) is 0 Å². The minimum absolute atomic E-state index is 0.0761. The molecule has 0 radical (unpaired) electrons. The van der Waals surface area contributed by atoms with Crippen molar-refractivity contribution in [1.82, 2.24) is 10.2 Å². The van der Waals surface area contributed by atoms with Crippen molar-refractivity contribution in [3.8, 4) is 11.1 Å². The Labute approximate surface area is 206 Å². The monoisotopic (exact) mass is 478 g/mol. The summed E-state index contributed by atoms with van der Waals surface area (Å²) in [5, 5.41) is 12.3. The van der Waals surface area contributed by atoms with E-state index < -0.39 is 24.1 Å². The number of carbonyl (C=O) groups is 3. The molecule has 0 atom stereocenters. The van der Waals surface area contributed by atoms with Crippen LogP contribution in [0.3, 0.4) is 0 Å². The van der Waals surface area contributed by atoms with Crippen LogP contribution in [0.1, 0.15) is 63.5 Å². The van der Waals surface area contributed by atoms with Crippen molar-refractivity contribution in [2.45, 2.75) is 57.9 Å². The molecule has 2 aliphatic carbocycles. The number of rotatable bonds is 7. The Morgan fingerprint density at radius 2 is 1.54 bits per heavy atom. The van der Waals surface area contributed by atoms with Crippen LogP contribution in [0.25, 0.3) is 11.1 Å². The molecule has 0 heterocycles. The number of nitrogens with zero attached hydrogens (tertiary/aromatic N) is 1. The minimum atomic E-state index is -1.14. The Bertz CT molecular complexity index is 1070. The standard InChI is InChI=1S/C28H34N2O5/c1-27(2,3)18-30(16-24(31)32)25(33)28(14-8-9-15-28)29-26(34)35-17-23-21-12-6-4-10-19(21)20-11-5-7-13-22(20)23/h4-7,10-13,23H,8-9,14-18H2,1-3H3,(H,29,34)(H,31,32). The lowest BCUT2D eigenvalue weighted by atomic mass is 9.92. The Morgan fingerprint density at radius 1 is 1.00 bits per heavy atom. The van der Waals surface area contributed by atoms with Gasteiger partial charge in [0, 0.05) is 12.5 Å². The van der Waals surface area contributed by atoms with Crippen molar-refractivity contribution in [3.63, 3.8) is 0 Å². The first-order valence-corrected chi connectivity index (χ1v) is 12.2. The average molecular weight is 479 g/mol. The van der Waals surface area contributed by atoms with Gasteiger partial charge in [0.2, 0.25) is 5.91 Å². The third kappa shape index (κ3) is 5.34. The number of fused-ring (bicyclic) bond motifs is 3. The Kier molecular flexibility index (Phi) is 6.88. The van der Waals surface area contributed by atoms with Crippen LogP contribution in [0.4, 0.5) is 4.79 Å². The summed E-state index contributed by atoms with van der Waals surface area (Å²) in [5.74, 6) is -1.49. The van der Waals surface area contributed by atoms with Crippen molar-refractivity contribution in [2.75, 3.05) is 19.7 Å². The van der Waals surface area contributed by atoms with Gasteiger partial charge >= 0.3 is 12.1 Å². The van der Waals surface area contributed by atoms with Crippen molar-refractivity contribution in [3.05, 3.63) is 59.7 Å². The van der Waals surface area contributed by atoms with E-state index in [4.69, 9.17) is 4.74 Å². The summed E-state index contributed by atoms with van der Waals surface area (Å²) in [6, 6.07) is 16.2. The van der Waals surface area contributed by atoms with Gasteiger partial charge in [0.25, 0.3) is 0 Å². The molecule has 7 nitrogen and oxygen atoms in total. The molecule has 186 valence electrons. The van der Waals surface area contributed by atoms with Crippen LogP contribution >= 0.6 is 0 Å². The predicted octanol–water partition coefficient (Wildman–Crippen LogP) is 4.80. The quantitative estimate of drug-likeness (QED) is 0.596. The molecule has 2 amide bonds. The van der Waals surface area contributed by atoms with E-state index in [0.29, 0.717) is 12.8 Å². The molecule has 1 saturated carbocycles. The number of nitrogens with one attached hydrogen (secondary N) is 1. The largest absolute Gasteiger partial charge is 0.480 e. The molecule has 2 N–H and O–H groups in total. The molecule has 0 aromatic heterocycles. The third-order valence-corrected chi connectivity index (χ3v) is 6.83. The molecular formula is C28H34N2O5. The maximum absolute atomic E-state index is 13.6. The maximum atomic E-state index is 13.6. The highest BCUT2D eigenvalue weighted by Crippen LogP contribution is 2.44. The lowest BCUT2D eigenvalue weighted by Crippen LogP contribution is -2.60. The molecule has 2 aromatic rings. The summed E-state index contributed by atoms with van der Waals surface area (Å²) in [6.45, 7) is 5.90. The summed E-state index contributed by atoms with van der Waals surface area (Å²) >= 11 is 0. The van der Waals surface area contributed by atoms with Crippen LogP contribution in [0.2, 0.25) is 0 Å².